The van der Waals surface area contributed by atoms with Crippen molar-refractivity contribution in [3.05, 3.63) is 18.2 Å². The summed E-state index contributed by atoms with van der Waals surface area (Å²) in [6, 6.07) is 5.59. The smallest absolute Gasteiger partial charge is 0.282 e. The Morgan fingerprint density at radius 2 is 1.44 bits per heavy atom. The van der Waals surface area contributed by atoms with Gasteiger partial charge in [0.2, 0.25) is 0 Å². The Labute approximate surface area is 112 Å². The lowest BCUT2D eigenvalue weighted by Gasteiger charge is -2.23. The summed E-state index contributed by atoms with van der Waals surface area (Å²) in [7, 11) is -7.52. The van der Waals surface area contributed by atoms with Crippen LogP contribution >= 0.6 is 0 Å². The molecule has 0 amide bonds. The first-order chi connectivity index (χ1) is 7.83. The molecule has 0 unspecified atom stereocenters. The molecule has 6 heteroatoms. The van der Waals surface area contributed by atoms with E-state index in [9.17, 15) is 13.0 Å². The molecule has 0 aliphatic rings. The summed E-state index contributed by atoms with van der Waals surface area (Å²) in [6.07, 6.45) is 0. The van der Waals surface area contributed by atoms with Gasteiger partial charge < -0.3 is 0 Å². The molecular weight excluding hydrogens is 280 g/mol. The molecule has 0 saturated carbocycles. The summed E-state index contributed by atoms with van der Waals surface area (Å²) < 4.78 is 32.6. The van der Waals surface area contributed by atoms with Crippen LogP contribution in [0.5, 0.6) is 0 Å². The van der Waals surface area contributed by atoms with Crippen molar-refractivity contribution in [2.75, 3.05) is 0 Å². The van der Waals surface area contributed by atoms with E-state index in [1.54, 1.807) is 6.07 Å². The Balaban J connectivity index is 3.61. The Morgan fingerprint density at radius 3 is 1.78 bits per heavy atom. The van der Waals surface area contributed by atoms with Gasteiger partial charge in [0.15, 0.2) is 0 Å². The molecule has 0 radical (unpaired) electrons. The first kappa shape index (κ1) is 15.6. The van der Waals surface area contributed by atoms with E-state index in [0.717, 1.165) is 10.4 Å². The lowest BCUT2D eigenvalue weighted by Crippen LogP contribution is -2.45. The van der Waals surface area contributed by atoms with Crippen molar-refractivity contribution >= 4 is 36.6 Å². The van der Waals surface area contributed by atoms with Crippen LogP contribution in [0.15, 0.2) is 23.1 Å². The van der Waals surface area contributed by atoms with Crippen LogP contribution in [0.25, 0.3) is 0 Å². The molecule has 1 aromatic carbocycles. The minimum absolute atomic E-state index is 0.113. The molecule has 102 valence electrons. The second-order valence-electron chi connectivity index (χ2n) is 6.69. The van der Waals surface area contributed by atoms with E-state index >= 15 is 0 Å². The summed E-state index contributed by atoms with van der Waals surface area (Å²) in [5, 5.41) is 1.85. The zero-order valence-corrected chi connectivity index (χ0v) is 14.7. The van der Waals surface area contributed by atoms with E-state index in [0.29, 0.717) is 0 Å². The number of hydrogen-bond acceptors (Lipinski definition) is 2. The van der Waals surface area contributed by atoms with Crippen LogP contribution in [0.4, 0.5) is 0 Å². The topological polar surface area (TPSA) is 54.4 Å². The van der Waals surface area contributed by atoms with Crippen molar-refractivity contribution in [3.63, 3.8) is 0 Å². The first-order valence-electron chi connectivity index (χ1n) is 5.96. The van der Waals surface area contributed by atoms with Crippen LogP contribution in [0.2, 0.25) is 39.3 Å². The maximum Gasteiger partial charge on any atom is 0.294 e. The van der Waals surface area contributed by atoms with Crippen LogP contribution in [0.3, 0.4) is 0 Å². The normalized spacial score (nSPS) is 13.7. The molecule has 0 fully saturated rings. The average Bonchev–Trinajstić information content (AvgIpc) is 2.12. The minimum Gasteiger partial charge on any atom is -0.282 e. The summed E-state index contributed by atoms with van der Waals surface area (Å²) in [5.74, 6) is 0. The second kappa shape index (κ2) is 4.59. The van der Waals surface area contributed by atoms with Crippen LogP contribution in [-0.2, 0) is 10.1 Å². The van der Waals surface area contributed by atoms with Gasteiger partial charge in [-0.2, -0.15) is 8.42 Å². The third kappa shape index (κ3) is 3.53. The van der Waals surface area contributed by atoms with E-state index in [1.807, 2.05) is 12.1 Å². The van der Waals surface area contributed by atoms with Gasteiger partial charge in [-0.15, -0.1) is 0 Å². The van der Waals surface area contributed by atoms with Crippen molar-refractivity contribution in [2.45, 2.75) is 44.2 Å². The van der Waals surface area contributed by atoms with Crippen LogP contribution in [0, 0.1) is 0 Å². The predicted octanol–water partition coefficient (Wildman–Crippen LogP) is 2.02. The standard InChI is InChI=1S/C12H22O3SSi2/c1-17(2,3)10-7-8-12(18(4,5)6)11(9-10)16(13,14)15/h7-9H,1-6H3,(H,13,14,15). The average molecular weight is 303 g/mol. The lowest BCUT2D eigenvalue weighted by atomic mass is 10.3. The lowest BCUT2D eigenvalue weighted by molar-refractivity contribution is 0.484. The molecule has 0 aromatic heterocycles. The highest BCUT2D eigenvalue weighted by molar-refractivity contribution is 7.86. The van der Waals surface area contributed by atoms with Gasteiger partial charge in [0.1, 0.15) is 0 Å². The zero-order chi connectivity index (χ0) is 14.4. The third-order valence-corrected chi connectivity index (χ3v) is 8.10. The Hall–Kier alpha value is -0.436. The Morgan fingerprint density at radius 1 is 0.944 bits per heavy atom. The van der Waals surface area contributed by atoms with Crippen LogP contribution in [-0.4, -0.2) is 29.1 Å². The number of hydrogen-bond donors (Lipinski definition) is 1. The van der Waals surface area contributed by atoms with Gasteiger partial charge in [-0.1, -0.05) is 56.6 Å². The largest absolute Gasteiger partial charge is 0.294 e. The molecular formula is C12H22O3SSi2. The van der Waals surface area contributed by atoms with Gasteiger partial charge in [0, 0.05) is 0 Å². The highest BCUT2D eigenvalue weighted by atomic mass is 32.2. The zero-order valence-electron chi connectivity index (χ0n) is 11.9. The quantitative estimate of drug-likeness (QED) is 0.686. The molecule has 1 rings (SSSR count). The fourth-order valence-corrected chi connectivity index (χ4v) is 6.41. The highest BCUT2D eigenvalue weighted by Gasteiger charge is 2.28. The molecule has 0 spiro atoms. The van der Waals surface area contributed by atoms with Gasteiger partial charge in [0.25, 0.3) is 10.1 Å². The van der Waals surface area contributed by atoms with E-state index in [4.69, 9.17) is 0 Å². The van der Waals surface area contributed by atoms with E-state index in [2.05, 4.69) is 39.3 Å². The molecule has 0 bridgehead atoms. The van der Waals surface area contributed by atoms with Crippen LogP contribution < -0.4 is 10.4 Å². The van der Waals surface area contributed by atoms with E-state index < -0.39 is 26.3 Å². The molecule has 0 atom stereocenters. The summed E-state index contributed by atoms with van der Waals surface area (Å²) in [5.41, 5.74) is 0. The molecule has 0 aliphatic heterocycles. The molecule has 3 nitrogen and oxygen atoms in total. The van der Waals surface area contributed by atoms with Gasteiger partial charge in [0.05, 0.1) is 21.0 Å². The monoisotopic (exact) mass is 302 g/mol. The maximum absolute atomic E-state index is 11.6. The fraction of sp³-hybridized carbons (Fsp3) is 0.500. The SMILES string of the molecule is C[Si](C)(C)c1ccc([Si](C)(C)C)c(S(=O)(=O)O)c1. The summed E-state index contributed by atoms with van der Waals surface area (Å²) in [6.45, 7) is 12.7. The Bertz CT molecular complexity index is 552. The maximum atomic E-state index is 11.6. The molecule has 1 N–H and O–H groups in total. The number of rotatable bonds is 3. The summed E-state index contributed by atoms with van der Waals surface area (Å²) >= 11 is 0. The number of benzene rings is 1. The van der Waals surface area contributed by atoms with Crippen molar-refractivity contribution < 1.29 is 13.0 Å². The first-order valence-corrected chi connectivity index (χ1v) is 14.4. The van der Waals surface area contributed by atoms with E-state index in [1.165, 1.54) is 0 Å². The van der Waals surface area contributed by atoms with Gasteiger partial charge in [-0.3, -0.25) is 4.55 Å². The third-order valence-electron chi connectivity index (χ3n) is 2.93. The van der Waals surface area contributed by atoms with Crippen molar-refractivity contribution in [1.82, 2.24) is 0 Å². The minimum atomic E-state index is -4.14. The Kier molecular flexibility index (Phi) is 3.98. The highest BCUT2D eigenvalue weighted by Crippen LogP contribution is 2.13. The molecule has 0 saturated heterocycles. The van der Waals surface area contributed by atoms with Crippen LogP contribution in [0.1, 0.15) is 0 Å². The van der Waals surface area contributed by atoms with E-state index in [-0.39, 0.29) is 4.90 Å². The van der Waals surface area contributed by atoms with Crippen molar-refractivity contribution in [3.8, 4) is 0 Å². The summed E-state index contributed by atoms with van der Waals surface area (Å²) in [4.78, 5) is 0.113. The van der Waals surface area contributed by atoms with Gasteiger partial charge in [-0.05, 0) is 11.3 Å². The predicted molar refractivity (Wildman–Crippen MR) is 82.2 cm³/mol. The molecule has 1 aromatic rings. The van der Waals surface area contributed by atoms with Gasteiger partial charge in [-0.25, -0.2) is 0 Å². The van der Waals surface area contributed by atoms with Crippen molar-refractivity contribution in [2.24, 2.45) is 0 Å². The molecule has 0 aliphatic carbocycles. The fourth-order valence-electron chi connectivity index (χ4n) is 1.82. The molecule has 18 heavy (non-hydrogen) atoms. The van der Waals surface area contributed by atoms with Gasteiger partial charge >= 0.3 is 0 Å². The van der Waals surface area contributed by atoms with Crippen molar-refractivity contribution in [1.29, 1.82) is 0 Å². The second-order valence-corrected chi connectivity index (χ2v) is 18.2. The molecule has 0 heterocycles.